The first-order chi connectivity index (χ1) is 10.5. The summed E-state index contributed by atoms with van der Waals surface area (Å²) in [5.74, 6) is -0.979. The zero-order chi connectivity index (χ0) is 15.9. The van der Waals surface area contributed by atoms with Gasteiger partial charge in [-0.15, -0.1) is 0 Å². The molecule has 0 aromatic heterocycles. The lowest BCUT2D eigenvalue weighted by molar-refractivity contribution is -0.123. The van der Waals surface area contributed by atoms with Crippen molar-refractivity contribution in [2.24, 2.45) is 0 Å². The molecule has 0 saturated carbocycles. The third kappa shape index (κ3) is 5.29. The molecule has 0 saturated heterocycles. The van der Waals surface area contributed by atoms with Crippen LogP contribution in [0.25, 0.3) is 0 Å². The molecular weight excluding hydrogens is 351 g/mol. The molecule has 0 unspecified atom stereocenters. The van der Waals surface area contributed by atoms with Crippen LogP contribution in [0.3, 0.4) is 0 Å². The van der Waals surface area contributed by atoms with E-state index in [1.807, 2.05) is 24.3 Å². The van der Waals surface area contributed by atoms with Gasteiger partial charge in [-0.2, -0.15) is 0 Å². The van der Waals surface area contributed by atoms with E-state index >= 15 is 0 Å². The highest BCUT2D eigenvalue weighted by atomic mass is 79.9. The van der Waals surface area contributed by atoms with Crippen molar-refractivity contribution in [2.45, 2.75) is 6.42 Å². The van der Waals surface area contributed by atoms with E-state index in [1.54, 1.807) is 0 Å². The van der Waals surface area contributed by atoms with Crippen molar-refractivity contribution in [3.63, 3.8) is 0 Å². The van der Waals surface area contributed by atoms with Crippen molar-refractivity contribution < 1.29 is 14.0 Å². The fraction of sp³-hybridized carbons (Fsp3) is 0.125. The molecule has 0 bridgehead atoms. The molecule has 0 radical (unpaired) electrons. The number of benzene rings is 2. The third-order valence-electron chi connectivity index (χ3n) is 2.85. The Morgan fingerprint density at radius 3 is 2.23 bits per heavy atom. The third-order valence-corrected chi connectivity index (χ3v) is 3.38. The predicted octanol–water partition coefficient (Wildman–Crippen LogP) is 2.89. The number of hydrogen-bond donors (Lipinski definition) is 2. The second-order valence-corrected chi connectivity index (χ2v) is 5.55. The Morgan fingerprint density at radius 1 is 0.955 bits per heavy atom. The minimum Gasteiger partial charge on any atom is -0.347 e. The summed E-state index contributed by atoms with van der Waals surface area (Å²) >= 11 is 3.32. The lowest BCUT2D eigenvalue weighted by Gasteiger charge is -2.07. The second kappa shape index (κ2) is 7.70. The van der Waals surface area contributed by atoms with E-state index in [1.165, 1.54) is 24.3 Å². The van der Waals surface area contributed by atoms with E-state index in [2.05, 4.69) is 26.6 Å². The summed E-state index contributed by atoms with van der Waals surface area (Å²) in [6, 6.07) is 12.8. The maximum atomic E-state index is 12.7. The molecule has 4 nitrogen and oxygen atoms in total. The molecule has 0 aliphatic heterocycles. The molecule has 2 aromatic rings. The molecule has 0 spiro atoms. The molecule has 0 aliphatic carbocycles. The number of rotatable bonds is 5. The van der Waals surface area contributed by atoms with Crippen LogP contribution in [0.1, 0.15) is 5.56 Å². The molecule has 0 aliphatic rings. The van der Waals surface area contributed by atoms with E-state index in [-0.39, 0.29) is 30.6 Å². The highest BCUT2D eigenvalue weighted by molar-refractivity contribution is 9.10. The van der Waals surface area contributed by atoms with Gasteiger partial charge >= 0.3 is 0 Å². The minimum atomic E-state index is -0.374. The molecule has 0 heterocycles. The Morgan fingerprint density at radius 2 is 1.59 bits per heavy atom. The Hall–Kier alpha value is -2.21. The maximum Gasteiger partial charge on any atom is 0.243 e. The Kier molecular flexibility index (Phi) is 5.66. The normalized spacial score (nSPS) is 10.1. The fourth-order valence-electron chi connectivity index (χ4n) is 1.77. The van der Waals surface area contributed by atoms with Gasteiger partial charge in [0.15, 0.2) is 0 Å². The Balaban J connectivity index is 1.76. The standard InChI is InChI=1S/C16H14BrFN2O2/c17-12-3-1-11(2-4-12)9-15(21)19-10-16(22)20-14-7-5-13(18)6-8-14/h1-8H,9-10H2,(H,19,21)(H,20,22). The Labute approximate surface area is 135 Å². The van der Waals surface area contributed by atoms with Crippen molar-refractivity contribution in [3.8, 4) is 0 Å². The SMILES string of the molecule is O=C(Cc1ccc(Br)cc1)NCC(=O)Nc1ccc(F)cc1. The first kappa shape index (κ1) is 16.2. The number of carbonyl (C=O) groups is 2. The van der Waals surface area contributed by atoms with Crippen molar-refractivity contribution in [2.75, 3.05) is 11.9 Å². The summed E-state index contributed by atoms with van der Waals surface area (Å²) in [5, 5.41) is 5.11. The van der Waals surface area contributed by atoms with Gasteiger partial charge in [0.2, 0.25) is 11.8 Å². The van der Waals surface area contributed by atoms with Crippen molar-refractivity contribution in [1.29, 1.82) is 0 Å². The number of halogens is 2. The molecule has 2 aromatic carbocycles. The van der Waals surface area contributed by atoms with Crippen LogP contribution in [0.2, 0.25) is 0 Å². The number of hydrogen-bond acceptors (Lipinski definition) is 2. The first-order valence-corrected chi connectivity index (χ1v) is 7.39. The summed E-state index contributed by atoms with van der Waals surface area (Å²) in [4.78, 5) is 23.4. The summed E-state index contributed by atoms with van der Waals surface area (Å²) in [6.45, 7) is -0.132. The van der Waals surface area contributed by atoms with Crippen LogP contribution in [-0.2, 0) is 16.0 Å². The van der Waals surface area contributed by atoms with Crippen LogP contribution in [0.15, 0.2) is 53.0 Å². The molecule has 2 N–H and O–H groups in total. The van der Waals surface area contributed by atoms with Crippen LogP contribution in [-0.4, -0.2) is 18.4 Å². The molecule has 6 heteroatoms. The van der Waals surface area contributed by atoms with Crippen LogP contribution < -0.4 is 10.6 Å². The molecule has 2 rings (SSSR count). The molecule has 2 amide bonds. The first-order valence-electron chi connectivity index (χ1n) is 6.59. The molecule has 22 heavy (non-hydrogen) atoms. The van der Waals surface area contributed by atoms with Gasteiger partial charge in [-0.05, 0) is 42.0 Å². The van der Waals surface area contributed by atoms with Gasteiger partial charge in [-0.25, -0.2) is 4.39 Å². The zero-order valence-electron chi connectivity index (χ0n) is 11.6. The van der Waals surface area contributed by atoms with Crippen LogP contribution in [0, 0.1) is 5.82 Å². The van der Waals surface area contributed by atoms with Crippen LogP contribution in [0.4, 0.5) is 10.1 Å². The molecule has 0 fully saturated rings. The highest BCUT2D eigenvalue weighted by Crippen LogP contribution is 2.11. The molecule has 114 valence electrons. The summed E-state index contributed by atoms with van der Waals surface area (Å²) < 4.78 is 13.7. The van der Waals surface area contributed by atoms with E-state index in [0.29, 0.717) is 5.69 Å². The van der Waals surface area contributed by atoms with E-state index < -0.39 is 0 Å². The van der Waals surface area contributed by atoms with E-state index in [9.17, 15) is 14.0 Å². The number of nitrogens with one attached hydrogen (secondary N) is 2. The quantitative estimate of drug-likeness (QED) is 0.856. The highest BCUT2D eigenvalue weighted by Gasteiger charge is 2.07. The molecular formula is C16H14BrFN2O2. The summed E-state index contributed by atoms with van der Waals surface area (Å²) in [7, 11) is 0. The minimum absolute atomic E-state index is 0.132. The van der Waals surface area contributed by atoms with Crippen molar-refractivity contribution >= 4 is 33.4 Å². The summed E-state index contributed by atoms with van der Waals surface area (Å²) in [6.07, 6.45) is 0.205. The zero-order valence-corrected chi connectivity index (χ0v) is 13.2. The van der Waals surface area contributed by atoms with Gasteiger partial charge in [0.1, 0.15) is 5.82 Å². The van der Waals surface area contributed by atoms with Gasteiger partial charge in [-0.3, -0.25) is 9.59 Å². The maximum absolute atomic E-state index is 12.7. The van der Waals surface area contributed by atoms with E-state index in [0.717, 1.165) is 10.0 Å². The van der Waals surface area contributed by atoms with Gasteiger partial charge in [-0.1, -0.05) is 28.1 Å². The van der Waals surface area contributed by atoms with Crippen molar-refractivity contribution in [3.05, 3.63) is 64.4 Å². The monoisotopic (exact) mass is 364 g/mol. The van der Waals surface area contributed by atoms with Gasteiger partial charge in [0.25, 0.3) is 0 Å². The number of amides is 2. The van der Waals surface area contributed by atoms with Gasteiger partial charge in [0.05, 0.1) is 13.0 Å². The van der Waals surface area contributed by atoms with Gasteiger partial charge < -0.3 is 10.6 Å². The number of anilines is 1. The van der Waals surface area contributed by atoms with Crippen LogP contribution in [0.5, 0.6) is 0 Å². The fourth-order valence-corrected chi connectivity index (χ4v) is 2.03. The van der Waals surface area contributed by atoms with E-state index in [4.69, 9.17) is 0 Å². The van der Waals surface area contributed by atoms with Crippen LogP contribution >= 0.6 is 15.9 Å². The summed E-state index contributed by atoms with van der Waals surface area (Å²) in [5.41, 5.74) is 1.34. The lowest BCUT2D eigenvalue weighted by Crippen LogP contribution is -2.33. The largest absolute Gasteiger partial charge is 0.347 e. The Bertz CT molecular complexity index is 597. The topological polar surface area (TPSA) is 58.2 Å². The second-order valence-electron chi connectivity index (χ2n) is 4.64. The average Bonchev–Trinajstić information content (AvgIpc) is 2.50. The van der Waals surface area contributed by atoms with Gasteiger partial charge in [0, 0.05) is 10.2 Å². The predicted molar refractivity (Wildman–Crippen MR) is 85.9 cm³/mol. The average molecular weight is 365 g/mol. The number of carbonyl (C=O) groups excluding carboxylic acids is 2. The lowest BCUT2D eigenvalue weighted by atomic mass is 10.1. The smallest absolute Gasteiger partial charge is 0.243 e. The molecule has 0 atom stereocenters. The van der Waals surface area contributed by atoms with Crippen molar-refractivity contribution in [1.82, 2.24) is 5.32 Å².